The molecule has 2 rings (SSSR count). The molecule has 1 aromatic rings. The lowest BCUT2D eigenvalue weighted by Crippen LogP contribution is -2.43. The average molecular weight is 241 g/mol. The van der Waals surface area contributed by atoms with Gasteiger partial charge in [-0.15, -0.1) is 0 Å². The molecule has 0 saturated carbocycles. The number of aryl methyl sites for hydroxylation is 1. The molecule has 88 valence electrons. The van der Waals surface area contributed by atoms with Crippen LogP contribution in [0, 0.1) is 6.92 Å². The largest absolute Gasteiger partial charge is 0.459 e. The van der Waals surface area contributed by atoms with Gasteiger partial charge in [0.25, 0.3) is 5.91 Å². The van der Waals surface area contributed by atoms with E-state index >= 15 is 0 Å². The lowest BCUT2D eigenvalue weighted by atomic mass is 10.0. The summed E-state index contributed by atoms with van der Waals surface area (Å²) in [6.07, 6.45) is 2.22. The normalized spacial score (nSPS) is 24.6. The molecule has 1 saturated heterocycles. The highest BCUT2D eigenvalue weighted by atomic mass is 32.2. The summed E-state index contributed by atoms with van der Waals surface area (Å²) in [5, 5.41) is 12.8. The number of hydrogen-bond donors (Lipinski definition) is 2. The first-order valence-electron chi connectivity index (χ1n) is 5.23. The van der Waals surface area contributed by atoms with Crippen LogP contribution < -0.4 is 5.32 Å². The Morgan fingerprint density at radius 3 is 3.12 bits per heavy atom. The van der Waals surface area contributed by atoms with Gasteiger partial charge in [-0.1, -0.05) is 0 Å². The number of carbonyl (C=O) groups is 1. The van der Waals surface area contributed by atoms with Crippen LogP contribution in [0.5, 0.6) is 0 Å². The van der Waals surface area contributed by atoms with E-state index in [1.807, 2.05) is 6.92 Å². The van der Waals surface area contributed by atoms with Crippen LogP contribution in [0.15, 0.2) is 16.7 Å². The summed E-state index contributed by atoms with van der Waals surface area (Å²) < 4.78 is 5.08. The second-order valence-electron chi connectivity index (χ2n) is 4.14. The van der Waals surface area contributed by atoms with Gasteiger partial charge in [-0.3, -0.25) is 4.79 Å². The Hall–Kier alpha value is -0.940. The number of furan rings is 1. The topological polar surface area (TPSA) is 62.5 Å². The maximum absolute atomic E-state index is 11.7. The van der Waals surface area contributed by atoms with Crippen molar-refractivity contribution in [1.29, 1.82) is 0 Å². The van der Waals surface area contributed by atoms with Crippen molar-refractivity contribution in [1.82, 2.24) is 5.32 Å². The zero-order valence-corrected chi connectivity index (χ0v) is 9.97. The minimum Gasteiger partial charge on any atom is -0.459 e. The van der Waals surface area contributed by atoms with Crippen LogP contribution in [0.3, 0.4) is 0 Å². The highest BCUT2D eigenvalue weighted by molar-refractivity contribution is 7.99. The third-order valence-corrected chi connectivity index (χ3v) is 3.96. The lowest BCUT2D eigenvalue weighted by Gasteiger charge is -2.21. The van der Waals surface area contributed by atoms with E-state index < -0.39 is 5.60 Å². The molecule has 0 aromatic carbocycles. The zero-order valence-electron chi connectivity index (χ0n) is 9.16. The molecule has 1 fully saturated rings. The quantitative estimate of drug-likeness (QED) is 0.834. The molecular weight excluding hydrogens is 226 g/mol. The van der Waals surface area contributed by atoms with Gasteiger partial charge in [-0.2, -0.15) is 11.8 Å². The number of thioether (sulfide) groups is 1. The van der Waals surface area contributed by atoms with E-state index in [-0.39, 0.29) is 5.91 Å². The number of amides is 1. The summed E-state index contributed by atoms with van der Waals surface area (Å²) >= 11 is 1.71. The Bertz CT molecular complexity index is 382. The molecule has 2 N–H and O–H groups in total. The van der Waals surface area contributed by atoms with Crippen LogP contribution in [0.25, 0.3) is 0 Å². The molecule has 1 aromatic heterocycles. The molecule has 0 spiro atoms. The molecular formula is C11H15NO3S. The van der Waals surface area contributed by atoms with Crippen LogP contribution in [0.2, 0.25) is 0 Å². The van der Waals surface area contributed by atoms with Crippen molar-refractivity contribution >= 4 is 17.7 Å². The van der Waals surface area contributed by atoms with Gasteiger partial charge in [-0.25, -0.2) is 0 Å². The van der Waals surface area contributed by atoms with Crippen molar-refractivity contribution in [3.63, 3.8) is 0 Å². The number of carbonyl (C=O) groups excluding carboxylic acids is 1. The third-order valence-electron chi connectivity index (χ3n) is 2.73. The van der Waals surface area contributed by atoms with Gasteiger partial charge in [0.1, 0.15) is 0 Å². The molecule has 0 bridgehead atoms. The Morgan fingerprint density at radius 1 is 1.75 bits per heavy atom. The second-order valence-corrected chi connectivity index (χ2v) is 5.25. The smallest absolute Gasteiger partial charge is 0.287 e. The van der Waals surface area contributed by atoms with Crippen molar-refractivity contribution in [2.24, 2.45) is 0 Å². The Labute approximate surface area is 98.4 Å². The van der Waals surface area contributed by atoms with Gasteiger partial charge in [0.2, 0.25) is 0 Å². The molecule has 2 heterocycles. The van der Waals surface area contributed by atoms with E-state index in [1.165, 1.54) is 6.26 Å². The predicted molar refractivity (Wildman–Crippen MR) is 62.7 cm³/mol. The fourth-order valence-electron chi connectivity index (χ4n) is 1.67. The monoisotopic (exact) mass is 241 g/mol. The highest BCUT2D eigenvalue weighted by Gasteiger charge is 2.32. The summed E-state index contributed by atoms with van der Waals surface area (Å²) in [5.41, 5.74) is 0.0613. The summed E-state index contributed by atoms with van der Waals surface area (Å²) in [6, 6.07) is 1.75. The Morgan fingerprint density at radius 2 is 2.56 bits per heavy atom. The number of aliphatic hydroxyl groups is 1. The SMILES string of the molecule is Cc1ccoc1C(=O)NCC1(O)CCSC1. The van der Waals surface area contributed by atoms with Crippen molar-refractivity contribution < 1.29 is 14.3 Å². The number of rotatable bonds is 3. The molecule has 5 heteroatoms. The van der Waals surface area contributed by atoms with Crippen LogP contribution in [0.1, 0.15) is 22.5 Å². The second kappa shape index (κ2) is 4.51. The van der Waals surface area contributed by atoms with Gasteiger partial charge >= 0.3 is 0 Å². The molecule has 4 nitrogen and oxygen atoms in total. The first kappa shape index (κ1) is 11.5. The average Bonchev–Trinajstić information content (AvgIpc) is 2.85. The molecule has 1 aliphatic heterocycles. The maximum Gasteiger partial charge on any atom is 0.287 e. The zero-order chi connectivity index (χ0) is 11.6. The third kappa shape index (κ3) is 2.41. The summed E-state index contributed by atoms with van der Waals surface area (Å²) in [4.78, 5) is 11.7. The molecule has 0 aliphatic carbocycles. The van der Waals surface area contributed by atoms with E-state index in [9.17, 15) is 9.90 Å². The first-order valence-corrected chi connectivity index (χ1v) is 6.39. The van der Waals surface area contributed by atoms with Crippen molar-refractivity contribution in [2.45, 2.75) is 18.9 Å². The van der Waals surface area contributed by atoms with Crippen molar-refractivity contribution in [3.8, 4) is 0 Å². The highest BCUT2D eigenvalue weighted by Crippen LogP contribution is 2.27. The van der Waals surface area contributed by atoms with E-state index in [0.717, 1.165) is 17.7 Å². The minimum absolute atomic E-state index is 0.257. The molecule has 0 radical (unpaired) electrons. The van der Waals surface area contributed by atoms with Crippen LogP contribution in [-0.2, 0) is 0 Å². The molecule has 1 amide bonds. The van der Waals surface area contributed by atoms with E-state index in [0.29, 0.717) is 18.1 Å². The lowest BCUT2D eigenvalue weighted by molar-refractivity contribution is 0.0602. The van der Waals surface area contributed by atoms with Gasteiger partial charge in [-0.05, 0) is 25.2 Å². The van der Waals surface area contributed by atoms with E-state index in [1.54, 1.807) is 17.8 Å². The van der Waals surface area contributed by atoms with Crippen molar-refractivity contribution in [3.05, 3.63) is 23.7 Å². The molecule has 1 aliphatic rings. The fourth-order valence-corrected chi connectivity index (χ4v) is 2.96. The van der Waals surface area contributed by atoms with Gasteiger partial charge in [0.15, 0.2) is 5.76 Å². The summed E-state index contributed by atoms with van der Waals surface area (Å²) in [5.74, 6) is 1.71. The van der Waals surface area contributed by atoms with Crippen LogP contribution >= 0.6 is 11.8 Å². The summed E-state index contributed by atoms with van der Waals surface area (Å²) in [6.45, 7) is 2.11. The van der Waals surface area contributed by atoms with Gasteiger partial charge < -0.3 is 14.8 Å². The molecule has 16 heavy (non-hydrogen) atoms. The minimum atomic E-state index is -0.749. The van der Waals surface area contributed by atoms with Crippen molar-refractivity contribution in [2.75, 3.05) is 18.1 Å². The fraction of sp³-hybridized carbons (Fsp3) is 0.545. The Balaban J connectivity index is 1.91. The number of nitrogens with one attached hydrogen (secondary N) is 1. The van der Waals surface area contributed by atoms with Crippen LogP contribution in [-0.4, -0.2) is 34.7 Å². The molecule has 1 atom stereocenters. The van der Waals surface area contributed by atoms with E-state index in [2.05, 4.69) is 5.32 Å². The summed E-state index contributed by atoms with van der Waals surface area (Å²) in [7, 11) is 0. The van der Waals surface area contributed by atoms with Crippen LogP contribution in [0.4, 0.5) is 0 Å². The van der Waals surface area contributed by atoms with E-state index in [4.69, 9.17) is 4.42 Å². The van der Waals surface area contributed by atoms with Gasteiger partial charge in [0, 0.05) is 17.9 Å². The number of hydrogen-bond acceptors (Lipinski definition) is 4. The first-order chi connectivity index (χ1) is 7.61. The predicted octanol–water partition coefficient (Wildman–Crippen LogP) is 1.19. The maximum atomic E-state index is 11.7. The van der Waals surface area contributed by atoms with Gasteiger partial charge in [0.05, 0.1) is 11.9 Å². The standard InChI is InChI=1S/C11H15NO3S/c1-8-2-4-15-9(8)10(13)12-6-11(14)3-5-16-7-11/h2,4,14H,3,5-7H2,1H3,(H,12,13). The Kier molecular flexibility index (Phi) is 3.25. The molecule has 1 unspecified atom stereocenters.